The van der Waals surface area contributed by atoms with Crippen molar-refractivity contribution in [3.8, 4) is 17.6 Å². The zero-order chi connectivity index (χ0) is 24.8. The van der Waals surface area contributed by atoms with Crippen LogP contribution in [0.2, 0.25) is 0 Å². The number of hydrogen-bond donors (Lipinski definition) is 2. The van der Waals surface area contributed by atoms with Crippen LogP contribution in [0, 0.1) is 17.8 Å². The Labute approximate surface area is 197 Å². The first-order valence-electron chi connectivity index (χ1n) is 10.9. The summed E-state index contributed by atoms with van der Waals surface area (Å²) in [4.78, 5) is 14.0. The number of aliphatic hydroxyl groups is 1. The van der Waals surface area contributed by atoms with Crippen molar-refractivity contribution in [2.75, 3.05) is 40.5 Å². The molecule has 0 aromatic heterocycles. The third kappa shape index (κ3) is 6.84. The Morgan fingerprint density at radius 3 is 2.70 bits per heavy atom. The summed E-state index contributed by atoms with van der Waals surface area (Å²) in [6, 6.07) is 3.81. The van der Waals surface area contributed by atoms with E-state index in [-0.39, 0.29) is 54.9 Å². The molecule has 0 radical (unpaired) electrons. The molecule has 184 valence electrons. The number of likely N-dealkylation sites (N-methyl/N-ethyl adjacent to an activating group) is 1. The van der Waals surface area contributed by atoms with E-state index in [1.807, 2.05) is 20.8 Å². The van der Waals surface area contributed by atoms with Gasteiger partial charge in [0.15, 0.2) is 0 Å². The Bertz CT molecular complexity index is 986. The smallest absolute Gasteiger partial charge is 0.317 e. The molecule has 10 heteroatoms. The van der Waals surface area contributed by atoms with Crippen LogP contribution >= 0.6 is 0 Å². The molecule has 0 aliphatic carbocycles. The summed E-state index contributed by atoms with van der Waals surface area (Å²) in [6.07, 6.45) is -0.488. The first-order valence-corrected chi connectivity index (χ1v) is 12.4. The van der Waals surface area contributed by atoms with E-state index in [0.29, 0.717) is 5.56 Å². The molecule has 2 rings (SSSR count). The predicted molar refractivity (Wildman–Crippen MR) is 126 cm³/mol. The Hall–Kier alpha value is -2.32. The average Bonchev–Trinajstić information content (AvgIpc) is 2.75. The molecule has 9 nitrogen and oxygen atoms in total. The molecular formula is C23H35N3O6S. The summed E-state index contributed by atoms with van der Waals surface area (Å²) in [6.45, 7) is 7.61. The minimum atomic E-state index is -3.93. The lowest BCUT2D eigenvalue weighted by Crippen LogP contribution is -2.51. The summed E-state index contributed by atoms with van der Waals surface area (Å²) in [7, 11) is -0.717. The van der Waals surface area contributed by atoms with Gasteiger partial charge in [0.2, 0.25) is 10.0 Å². The molecular weight excluding hydrogens is 446 g/mol. The average molecular weight is 482 g/mol. The third-order valence-corrected chi connectivity index (χ3v) is 7.35. The van der Waals surface area contributed by atoms with Crippen molar-refractivity contribution in [3.05, 3.63) is 23.8 Å². The number of methoxy groups -OCH3 is 1. The fourth-order valence-corrected chi connectivity index (χ4v) is 5.27. The van der Waals surface area contributed by atoms with Gasteiger partial charge in [-0.2, -0.15) is 4.31 Å². The van der Waals surface area contributed by atoms with E-state index in [4.69, 9.17) is 9.47 Å². The van der Waals surface area contributed by atoms with Crippen LogP contribution in [0.1, 0.15) is 33.3 Å². The number of ether oxygens (including phenoxy) is 2. The third-order valence-electron chi connectivity index (χ3n) is 5.33. The molecule has 2 N–H and O–H groups in total. The maximum absolute atomic E-state index is 13.5. The molecule has 0 bridgehead atoms. The van der Waals surface area contributed by atoms with Crippen LogP contribution in [-0.2, 0) is 14.8 Å². The van der Waals surface area contributed by atoms with Crippen LogP contribution in [0.4, 0.5) is 4.79 Å². The summed E-state index contributed by atoms with van der Waals surface area (Å²) in [5.41, 5.74) is 0.584. The lowest BCUT2D eigenvalue weighted by Gasteiger charge is -2.37. The highest BCUT2D eigenvalue weighted by molar-refractivity contribution is 7.89. The summed E-state index contributed by atoms with van der Waals surface area (Å²) in [5.74, 6) is 5.68. The van der Waals surface area contributed by atoms with Gasteiger partial charge in [-0.05, 0) is 39.0 Å². The number of carbonyl (C=O) groups excluding carboxylic acids is 1. The van der Waals surface area contributed by atoms with E-state index >= 15 is 0 Å². The molecule has 3 atom stereocenters. The van der Waals surface area contributed by atoms with E-state index in [9.17, 15) is 18.3 Å². The van der Waals surface area contributed by atoms with Gasteiger partial charge in [-0.1, -0.05) is 18.8 Å². The molecule has 1 aliphatic heterocycles. The minimum Gasteiger partial charge on any atom is -0.487 e. The number of nitrogens with zero attached hydrogens (tertiary/aromatic N) is 2. The number of sulfonamides is 1. The Morgan fingerprint density at radius 2 is 2.09 bits per heavy atom. The fourth-order valence-electron chi connectivity index (χ4n) is 3.44. The zero-order valence-corrected chi connectivity index (χ0v) is 21.0. The van der Waals surface area contributed by atoms with Crippen LogP contribution < -0.4 is 10.1 Å². The van der Waals surface area contributed by atoms with E-state index < -0.39 is 22.2 Å². The van der Waals surface area contributed by atoms with Gasteiger partial charge in [0.1, 0.15) is 23.4 Å². The second kappa shape index (κ2) is 11.7. The van der Waals surface area contributed by atoms with Crippen molar-refractivity contribution >= 4 is 16.1 Å². The second-order valence-electron chi connectivity index (χ2n) is 8.62. The summed E-state index contributed by atoms with van der Waals surface area (Å²) >= 11 is 0. The van der Waals surface area contributed by atoms with Gasteiger partial charge in [0.25, 0.3) is 0 Å². The highest BCUT2D eigenvalue weighted by atomic mass is 32.2. The van der Waals surface area contributed by atoms with Crippen molar-refractivity contribution < 1.29 is 27.8 Å². The molecule has 1 heterocycles. The van der Waals surface area contributed by atoms with E-state index in [1.165, 1.54) is 15.3 Å². The van der Waals surface area contributed by atoms with E-state index in [1.54, 1.807) is 33.2 Å². The molecule has 1 aliphatic rings. The number of benzene rings is 1. The molecule has 1 aromatic rings. The highest BCUT2D eigenvalue weighted by Gasteiger charge is 2.38. The summed E-state index contributed by atoms with van der Waals surface area (Å²) < 4.78 is 39.4. The minimum absolute atomic E-state index is 0.00581. The molecule has 33 heavy (non-hydrogen) atoms. The maximum Gasteiger partial charge on any atom is 0.317 e. The Balaban J connectivity index is 2.50. The van der Waals surface area contributed by atoms with Crippen molar-refractivity contribution in [3.63, 3.8) is 0 Å². The lowest BCUT2D eigenvalue weighted by molar-refractivity contribution is 0.0809. The van der Waals surface area contributed by atoms with Gasteiger partial charge in [0.05, 0.1) is 13.2 Å². The number of nitrogens with one attached hydrogen (secondary N) is 1. The second-order valence-corrected chi connectivity index (χ2v) is 10.5. The lowest BCUT2D eigenvalue weighted by atomic mass is 10.0. The van der Waals surface area contributed by atoms with Crippen molar-refractivity contribution in [2.45, 2.75) is 50.8 Å². The normalized spacial score (nSPS) is 21.0. The maximum atomic E-state index is 13.5. The van der Waals surface area contributed by atoms with Crippen LogP contribution in [0.5, 0.6) is 5.75 Å². The molecule has 0 spiro atoms. The van der Waals surface area contributed by atoms with Crippen LogP contribution in [0.15, 0.2) is 23.1 Å². The first kappa shape index (κ1) is 26.9. The Kier molecular flexibility index (Phi) is 9.55. The van der Waals surface area contributed by atoms with Gasteiger partial charge < -0.3 is 24.8 Å². The summed E-state index contributed by atoms with van der Waals surface area (Å²) in [5, 5.41) is 12.6. The topological polar surface area (TPSA) is 108 Å². The highest BCUT2D eigenvalue weighted by Crippen LogP contribution is 2.34. The molecule has 0 unspecified atom stereocenters. The Morgan fingerprint density at radius 1 is 1.39 bits per heavy atom. The molecule has 0 fully saturated rings. The van der Waals surface area contributed by atoms with E-state index in [2.05, 4.69) is 17.2 Å². The van der Waals surface area contributed by atoms with Gasteiger partial charge in [-0.3, -0.25) is 0 Å². The molecule has 0 saturated carbocycles. The van der Waals surface area contributed by atoms with Crippen LogP contribution in [0.25, 0.3) is 0 Å². The van der Waals surface area contributed by atoms with Crippen LogP contribution in [-0.4, -0.2) is 87.4 Å². The number of carbonyl (C=O) groups is 1. The van der Waals surface area contributed by atoms with Gasteiger partial charge in [-0.25, -0.2) is 13.2 Å². The van der Waals surface area contributed by atoms with Gasteiger partial charge in [-0.15, -0.1) is 0 Å². The van der Waals surface area contributed by atoms with Gasteiger partial charge in [0, 0.05) is 44.3 Å². The number of rotatable bonds is 6. The van der Waals surface area contributed by atoms with Crippen molar-refractivity contribution in [1.29, 1.82) is 0 Å². The monoisotopic (exact) mass is 481 g/mol. The number of fused-ring (bicyclic) bond motifs is 1. The standard InChI is InChI=1S/C23H35N3O6S/c1-16(2)24-23(28)25(5)14-21-17(3)13-26(18(4)15-27)33(29,30)22-10-9-19(8-7-11-31-6)12-20(22)32-21/h9-10,12,16-18,21,27H,11,13-15H2,1-6H3,(H,24,28)/t17-,18-,21-/m0/s1. The molecule has 0 saturated heterocycles. The number of aliphatic hydroxyl groups excluding tert-OH is 1. The number of hydrogen-bond acceptors (Lipinski definition) is 6. The SMILES string of the molecule is COCC#Cc1ccc2c(c1)O[C@@H](CN(C)C(=O)NC(C)C)[C@@H](C)CN([C@@H](C)CO)S2(=O)=O. The number of amides is 2. The predicted octanol–water partition coefficient (Wildman–Crippen LogP) is 1.50. The fraction of sp³-hybridized carbons (Fsp3) is 0.609. The van der Waals surface area contributed by atoms with Crippen LogP contribution in [0.3, 0.4) is 0 Å². The van der Waals surface area contributed by atoms with E-state index in [0.717, 1.165) is 0 Å². The van der Waals surface area contributed by atoms with Crippen molar-refractivity contribution in [1.82, 2.24) is 14.5 Å². The molecule has 1 aromatic carbocycles. The molecule has 2 amide bonds. The first-order chi connectivity index (χ1) is 15.5. The van der Waals surface area contributed by atoms with Gasteiger partial charge >= 0.3 is 6.03 Å². The quantitative estimate of drug-likeness (QED) is 0.596. The zero-order valence-electron chi connectivity index (χ0n) is 20.2. The van der Waals surface area contributed by atoms with Crippen molar-refractivity contribution in [2.24, 2.45) is 5.92 Å². The number of urea groups is 1. The largest absolute Gasteiger partial charge is 0.487 e.